The van der Waals surface area contributed by atoms with Gasteiger partial charge in [0.1, 0.15) is 23.4 Å². The maximum atomic E-state index is 13.5. The third-order valence-corrected chi connectivity index (χ3v) is 6.67. The molecule has 2 atom stereocenters. The van der Waals surface area contributed by atoms with E-state index in [4.69, 9.17) is 10.00 Å². The Morgan fingerprint density at radius 1 is 1.47 bits per heavy atom. The number of carbonyl (C=O) groups is 1. The van der Waals surface area contributed by atoms with Crippen molar-refractivity contribution in [2.45, 2.75) is 29.9 Å². The Morgan fingerprint density at radius 3 is 2.87 bits per heavy atom. The predicted molar refractivity (Wildman–Crippen MR) is 103 cm³/mol. The number of aromatic nitrogens is 1. The highest BCUT2D eigenvalue weighted by Crippen LogP contribution is 2.37. The third-order valence-electron chi connectivity index (χ3n) is 5.18. The van der Waals surface area contributed by atoms with E-state index in [9.17, 15) is 22.7 Å². The Hall–Kier alpha value is -2.94. The summed E-state index contributed by atoms with van der Waals surface area (Å²) in [5.41, 5.74) is -0.122. The predicted octanol–water partition coefficient (Wildman–Crippen LogP) is 1.10. The number of aliphatic hydroxyl groups excluding tert-OH is 1. The summed E-state index contributed by atoms with van der Waals surface area (Å²) in [6.07, 6.45) is 2.02. The highest BCUT2D eigenvalue weighted by molar-refractivity contribution is 7.89. The molecule has 3 N–H and O–H groups in total. The topological polar surface area (TPSA) is 133 Å². The maximum absolute atomic E-state index is 13.5. The number of nitrogens with one attached hydrogen (secondary N) is 2. The maximum Gasteiger partial charge on any atom is 0.276 e. The van der Waals surface area contributed by atoms with E-state index in [1.807, 2.05) is 0 Å². The molecule has 9 nitrogen and oxygen atoms in total. The van der Waals surface area contributed by atoms with Crippen LogP contribution in [0.5, 0.6) is 5.75 Å². The Balaban J connectivity index is 1.65. The first-order chi connectivity index (χ1) is 14.2. The van der Waals surface area contributed by atoms with E-state index in [-0.39, 0.29) is 40.1 Å². The van der Waals surface area contributed by atoms with Gasteiger partial charge >= 0.3 is 0 Å². The lowest BCUT2D eigenvalue weighted by Crippen LogP contribution is -2.46. The summed E-state index contributed by atoms with van der Waals surface area (Å²) >= 11 is 0. The molecule has 1 aliphatic heterocycles. The van der Waals surface area contributed by atoms with E-state index in [0.29, 0.717) is 0 Å². The number of rotatable bonds is 4. The lowest BCUT2D eigenvalue weighted by molar-refractivity contribution is 0.0898. The van der Waals surface area contributed by atoms with Crippen LogP contribution in [-0.4, -0.2) is 42.8 Å². The molecule has 0 bridgehead atoms. The van der Waals surface area contributed by atoms with Crippen molar-refractivity contribution in [1.29, 1.82) is 5.26 Å². The number of fused-ring (bicyclic) bond motifs is 1. The lowest BCUT2D eigenvalue weighted by Gasteiger charge is -2.21. The Morgan fingerprint density at radius 2 is 2.20 bits per heavy atom. The average Bonchev–Trinajstić information content (AvgIpc) is 3.49. The molecular weight excluding hydrogens is 415 g/mol. The minimum Gasteiger partial charge on any atom is -0.488 e. The van der Waals surface area contributed by atoms with Gasteiger partial charge in [-0.25, -0.2) is 17.5 Å². The number of halogens is 1. The highest BCUT2D eigenvalue weighted by atomic mass is 32.2. The van der Waals surface area contributed by atoms with Gasteiger partial charge in [0, 0.05) is 18.9 Å². The van der Waals surface area contributed by atoms with Crippen LogP contribution in [0.2, 0.25) is 0 Å². The van der Waals surface area contributed by atoms with Crippen molar-refractivity contribution in [3.8, 4) is 11.8 Å². The van der Waals surface area contributed by atoms with Gasteiger partial charge in [-0.05, 0) is 37.0 Å². The third kappa shape index (κ3) is 3.65. The van der Waals surface area contributed by atoms with Crippen LogP contribution in [0.15, 0.2) is 29.3 Å². The van der Waals surface area contributed by atoms with Crippen LogP contribution < -0.4 is 14.8 Å². The number of benzene rings is 1. The Kier molecular flexibility index (Phi) is 5.01. The molecule has 11 heteroatoms. The summed E-state index contributed by atoms with van der Waals surface area (Å²) < 4.78 is 48.5. The molecule has 0 saturated heterocycles. The number of carbonyl (C=O) groups excluding carboxylic acids is 1. The fraction of sp³-hybridized carbons (Fsp3) is 0.368. The van der Waals surface area contributed by atoms with E-state index < -0.39 is 33.9 Å². The molecule has 0 radical (unpaired) electrons. The molecule has 1 aromatic carbocycles. The molecule has 1 saturated carbocycles. The number of amides is 1. The van der Waals surface area contributed by atoms with Gasteiger partial charge < -0.3 is 19.7 Å². The van der Waals surface area contributed by atoms with Crippen LogP contribution in [-0.2, 0) is 17.1 Å². The number of aliphatic hydroxyl groups is 1. The molecule has 30 heavy (non-hydrogen) atoms. The largest absolute Gasteiger partial charge is 0.488 e. The van der Waals surface area contributed by atoms with Crippen LogP contribution in [0.4, 0.5) is 10.1 Å². The van der Waals surface area contributed by atoms with Gasteiger partial charge in [-0.2, -0.15) is 5.26 Å². The zero-order valence-corrected chi connectivity index (χ0v) is 16.7. The molecular formula is C19H19FN4O5S. The Bertz CT molecular complexity index is 1170. The minimum atomic E-state index is -4.03. The molecule has 1 amide bonds. The lowest BCUT2D eigenvalue weighted by atomic mass is 10.1. The van der Waals surface area contributed by atoms with Gasteiger partial charge in [-0.15, -0.1) is 0 Å². The highest BCUT2D eigenvalue weighted by Gasteiger charge is 2.41. The molecule has 1 unspecified atom stereocenters. The van der Waals surface area contributed by atoms with Crippen LogP contribution >= 0.6 is 0 Å². The van der Waals surface area contributed by atoms with Crippen molar-refractivity contribution in [2.24, 2.45) is 13.0 Å². The fourth-order valence-electron chi connectivity index (χ4n) is 3.45. The molecule has 2 heterocycles. The number of hydrogen-bond donors (Lipinski definition) is 3. The zero-order valence-electron chi connectivity index (χ0n) is 15.9. The van der Waals surface area contributed by atoms with Crippen LogP contribution in [0, 0.1) is 23.1 Å². The summed E-state index contributed by atoms with van der Waals surface area (Å²) in [7, 11) is -2.54. The van der Waals surface area contributed by atoms with Crippen molar-refractivity contribution in [3.63, 3.8) is 0 Å². The normalized spacial score (nSPS) is 20.9. The van der Waals surface area contributed by atoms with Crippen LogP contribution in [0.3, 0.4) is 0 Å². The quantitative estimate of drug-likeness (QED) is 0.660. The monoisotopic (exact) mass is 434 g/mol. The van der Waals surface area contributed by atoms with Gasteiger partial charge in [0.25, 0.3) is 5.91 Å². The number of hydrogen-bond acceptors (Lipinski definition) is 6. The first-order valence-electron chi connectivity index (χ1n) is 9.25. The van der Waals surface area contributed by atoms with Gasteiger partial charge in [0.05, 0.1) is 17.7 Å². The second-order valence-corrected chi connectivity index (χ2v) is 9.09. The number of sulfonamides is 1. The van der Waals surface area contributed by atoms with Gasteiger partial charge in [-0.1, -0.05) is 0 Å². The summed E-state index contributed by atoms with van der Waals surface area (Å²) in [6.45, 7) is -0.136. The van der Waals surface area contributed by atoms with Crippen molar-refractivity contribution in [1.82, 2.24) is 9.29 Å². The van der Waals surface area contributed by atoms with E-state index in [1.54, 1.807) is 6.07 Å². The van der Waals surface area contributed by atoms with Crippen molar-refractivity contribution < 1.29 is 27.4 Å². The first-order valence-corrected chi connectivity index (χ1v) is 10.7. The SMILES string of the molecule is Cn1cc2c(c1C(=O)Nc1ccc(F)c(C#N)c1)OC[C@H](C(O)C1CC1)NS2(=O)=O. The summed E-state index contributed by atoms with van der Waals surface area (Å²) in [6, 6.07) is 4.37. The molecule has 1 aromatic heterocycles. The van der Waals surface area contributed by atoms with E-state index >= 15 is 0 Å². The van der Waals surface area contributed by atoms with E-state index in [2.05, 4.69) is 10.0 Å². The van der Waals surface area contributed by atoms with Crippen LogP contribution in [0.1, 0.15) is 28.9 Å². The Labute approximate surface area is 172 Å². The second-order valence-electron chi connectivity index (χ2n) is 7.41. The summed E-state index contributed by atoms with van der Waals surface area (Å²) in [4.78, 5) is 12.6. The molecule has 0 spiro atoms. The molecule has 2 aliphatic rings. The number of ether oxygens (including phenoxy) is 1. The van der Waals surface area contributed by atoms with Gasteiger partial charge in [0.2, 0.25) is 10.0 Å². The number of nitriles is 1. The number of nitrogens with zero attached hydrogens (tertiary/aromatic N) is 2. The molecule has 158 valence electrons. The molecule has 1 fully saturated rings. The fourth-order valence-corrected chi connectivity index (χ4v) is 4.88. The smallest absolute Gasteiger partial charge is 0.276 e. The summed E-state index contributed by atoms with van der Waals surface area (Å²) in [5, 5.41) is 21.8. The molecule has 4 rings (SSSR count). The van der Waals surface area contributed by atoms with Gasteiger partial charge in [-0.3, -0.25) is 4.79 Å². The second kappa shape index (κ2) is 7.39. The van der Waals surface area contributed by atoms with Crippen molar-refractivity contribution >= 4 is 21.6 Å². The van der Waals surface area contributed by atoms with Crippen molar-refractivity contribution in [3.05, 3.63) is 41.5 Å². The van der Waals surface area contributed by atoms with E-state index in [1.165, 1.54) is 29.9 Å². The average molecular weight is 434 g/mol. The van der Waals surface area contributed by atoms with Gasteiger partial charge in [0.15, 0.2) is 11.4 Å². The van der Waals surface area contributed by atoms with E-state index in [0.717, 1.165) is 18.9 Å². The molecule has 2 aromatic rings. The zero-order chi connectivity index (χ0) is 21.6. The van der Waals surface area contributed by atoms with Crippen molar-refractivity contribution in [2.75, 3.05) is 11.9 Å². The molecule has 1 aliphatic carbocycles. The number of anilines is 1. The van der Waals surface area contributed by atoms with Crippen LogP contribution in [0.25, 0.3) is 0 Å². The first kappa shape index (κ1) is 20.3. The number of aryl methyl sites for hydroxylation is 1. The standard InChI is InChI=1S/C19H19FN4O5S/c1-24-8-15-18(29-9-14(23-30(15,27)28)17(25)10-2-3-10)16(24)19(26)22-12-4-5-13(20)11(6-12)7-21/h4-6,8,10,14,17,23,25H,2-3,9H2,1H3,(H,22,26)/t14-,17?/m1/s1. The summed E-state index contributed by atoms with van der Waals surface area (Å²) in [5.74, 6) is -1.51. The minimum absolute atomic E-state index is 0.0282.